The summed E-state index contributed by atoms with van der Waals surface area (Å²) in [6.45, 7) is 1.87. The van der Waals surface area contributed by atoms with Crippen LogP contribution in [0, 0.1) is 0 Å². The highest BCUT2D eigenvalue weighted by Crippen LogP contribution is 2.12. The third-order valence-electron chi connectivity index (χ3n) is 4.40. The van der Waals surface area contributed by atoms with Crippen LogP contribution >= 0.6 is 0 Å². The molecule has 1 unspecified atom stereocenters. The second-order valence-corrected chi connectivity index (χ2v) is 8.05. The average Bonchev–Trinajstić information content (AvgIpc) is 3.27. The van der Waals surface area contributed by atoms with Gasteiger partial charge in [0.05, 0.1) is 4.90 Å². The first kappa shape index (κ1) is 18.6. The van der Waals surface area contributed by atoms with Gasteiger partial charge < -0.3 is 10.6 Å². The summed E-state index contributed by atoms with van der Waals surface area (Å²) in [5, 5.41) is 10.1. The van der Waals surface area contributed by atoms with E-state index in [0.29, 0.717) is 12.0 Å². The highest BCUT2D eigenvalue weighted by atomic mass is 32.2. The van der Waals surface area contributed by atoms with Gasteiger partial charge in [-0.15, -0.1) is 0 Å². The molecule has 0 radical (unpaired) electrons. The lowest BCUT2D eigenvalue weighted by Gasteiger charge is -2.12. The van der Waals surface area contributed by atoms with Crippen molar-refractivity contribution < 1.29 is 13.2 Å². The Hall–Kier alpha value is -2.23. The molecule has 0 aliphatic carbocycles. The molecule has 2 aromatic rings. The molecule has 1 aliphatic heterocycles. The second kappa shape index (κ2) is 7.98. The van der Waals surface area contributed by atoms with Crippen molar-refractivity contribution >= 4 is 15.9 Å². The molecule has 1 amide bonds. The Bertz CT molecular complexity index is 872. The Morgan fingerprint density at radius 1 is 1.38 bits per heavy atom. The summed E-state index contributed by atoms with van der Waals surface area (Å²) in [5.41, 5.74) is 1.28. The summed E-state index contributed by atoms with van der Waals surface area (Å²) in [5.74, 6) is -0.259. The maximum Gasteiger partial charge on any atom is 0.251 e. The highest BCUT2D eigenvalue weighted by Gasteiger charge is 2.20. The van der Waals surface area contributed by atoms with Crippen molar-refractivity contribution in [2.75, 3.05) is 19.6 Å². The van der Waals surface area contributed by atoms with E-state index in [1.807, 2.05) is 13.1 Å². The number of carbonyl (C=O) groups is 1. The number of benzene rings is 1. The first-order valence-electron chi connectivity index (χ1n) is 8.54. The smallest absolute Gasteiger partial charge is 0.251 e. The fourth-order valence-corrected chi connectivity index (χ4v) is 3.97. The van der Waals surface area contributed by atoms with E-state index < -0.39 is 10.0 Å². The summed E-state index contributed by atoms with van der Waals surface area (Å²) < 4.78 is 29.3. The van der Waals surface area contributed by atoms with Gasteiger partial charge in [-0.25, -0.2) is 13.1 Å². The molecule has 8 nitrogen and oxygen atoms in total. The minimum absolute atomic E-state index is 0.0831. The minimum atomic E-state index is -3.68. The number of sulfonamides is 1. The minimum Gasteiger partial charge on any atom is -0.348 e. The standard InChI is InChI=1S/C17H23N5O3S/c1-22-15(6-9-19-22)7-10-20-26(24,25)16-4-2-3-13(11-16)17(23)21-14-5-8-18-12-14/h2-4,6,9,11,14,18,20H,5,7-8,10,12H2,1H3,(H,21,23). The van der Waals surface area contributed by atoms with Crippen molar-refractivity contribution in [1.29, 1.82) is 0 Å². The van der Waals surface area contributed by atoms with E-state index in [9.17, 15) is 13.2 Å². The zero-order valence-corrected chi connectivity index (χ0v) is 15.4. The molecule has 9 heteroatoms. The van der Waals surface area contributed by atoms with Crippen LogP contribution in [-0.4, -0.2) is 49.8 Å². The molecule has 0 bridgehead atoms. The Labute approximate surface area is 153 Å². The maximum atomic E-state index is 12.5. The molecule has 3 rings (SSSR count). The van der Waals surface area contributed by atoms with Crippen molar-refractivity contribution in [3.63, 3.8) is 0 Å². The van der Waals surface area contributed by atoms with E-state index in [2.05, 4.69) is 20.5 Å². The number of amides is 1. The fraction of sp³-hybridized carbons (Fsp3) is 0.412. The van der Waals surface area contributed by atoms with Crippen LogP contribution in [0.3, 0.4) is 0 Å². The van der Waals surface area contributed by atoms with Crippen LogP contribution in [0.1, 0.15) is 22.5 Å². The van der Waals surface area contributed by atoms with Gasteiger partial charge >= 0.3 is 0 Å². The van der Waals surface area contributed by atoms with Crippen molar-refractivity contribution in [1.82, 2.24) is 25.1 Å². The number of aromatic nitrogens is 2. The molecular weight excluding hydrogens is 354 g/mol. The number of carbonyl (C=O) groups excluding carboxylic acids is 1. The first-order chi connectivity index (χ1) is 12.5. The van der Waals surface area contributed by atoms with Crippen molar-refractivity contribution in [3.05, 3.63) is 47.8 Å². The molecule has 1 aromatic heterocycles. The second-order valence-electron chi connectivity index (χ2n) is 6.28. The molecule has 1 fully saturated rings. The number of hydrogen-bond acceptors (Lipinski definition) is 5. The summed E-state index contributed by atoms with van der Waals surface area (Å²) >= 11 is 0. The lowest BCUT2D eigenvalue weighted by Crippen LogP contribution is -2.36. The fourth-order valence-electron chi connectivity index (χ4n) is 2.89. The van der Waals surface area contributed by atoms with Crippen LogP contribution in [0.4, 0.5) is 0 Å². The summed E-state index contributed by atoms with van der Waals surface area (Å²) in [7, 11) is -1.87. The zero-order chi connectivity index (χ0) is 18.6. The van der Waals surface area contributed by atoms with Crippen LogP contribution in [0.15, 0.2) is 41.4 Å². The third kappa shape index (κ3) is 4.48. The first-order valence-corrected chi connectivity index (χ1v) is 10.0. The van der Waals surface area contributed by atoms with Crippen molar-refractivity contribution in [2.45, 2.75) is 23.8 Å². The lowest BCUT2D eigenvalue weighted by molar-refractivity contribution is 0.0940. The summed E-state index contributed by atoms with van der Waals surface area (Å²) in [4.78, 5) is 12.4. The summed E-state index contributed by atoms with van der Waals surface area (Å²) in [6.07, 6.45) is 3.08. The van der Waals surface area contributed by atoms with Crippen molar-refractivity contribution in [3.8, 4) is 0 Å². The molecule has 26 heavy (non-hydrogen) atoms. The predicted molar refractivity (Wildman–Crippen MR) is 97.3 cm³/mol. The molecule has 3 N–H and O–H groups in total. The van der Waals surface area contributed by atoms with Gasteiger partial charge in [0.2, 0.25) is 10.0 Å². The molecule has 0 saturated carbocycles. The molecule has 140 valence electrons. The normalized spacial score (nSPS) is 17.3. The van der Waals surface area contributed by atoms with E-state index in [0.717, 1.165) is 25.2 Å². The lowest BCUT2D eigenvalue weighted by atomic mass is 10.2. The molecule has 1 saturated heterocycles. The zero-order valence-electron chi connectivity index (χ0n) is 14.6. The van der Waals surface area contributed by atoms with Crippen LogP contribution in [0.25, 0.3) is 0 Å². The van der Waals surface area contributed by atoms with Gasteiger partial charge in [-0.05, 0) is 37.2 Å². The van der Waals surface area contributed by atoms with Gasteiger partial charge in [0.15, 0.2) is 0 Å². The van der Waals surface area contributed by atoms with Crippen molar-refractivity contribution in [2.24, 2.45) is 7.05 Å². The van der Waals surface area contributed by atoms with E-state index in [1.165, 1.54) is 12.1 Å². The Morgan fingerprint density at radius 3 is 2.92 bits per heavy atom. The van der Waals surface area contributed by atoms with Crippen LogP contribution in [-0.2, 0) is 23.5 Å². The van der Waals surface area contributed by atoms with Crippen LogP contribution < -0.4 is 15.4 Å². The third-order valence-corrected chi connectivity index (χ3v) is 5.86. The molecule has 1 aliphatic rings. The van der Waals surface area contributed by atoms with Gasteiger partial charge in [-0.3, -0.25) is 9.48 Å². The molecule has 1 aromatic carbocycles. The molecule has 2 heterocycles. The van der Waals surface area contributed by atoms with E-state index in [1.54, 1.807) is 23.0 Å². The van der Waals surface area contributed by atoms with E-state index >= 15 is 0 Å². The van der Waals surface area contributed by atoms with Gasteiger partial charge in [0.1, 0.15) is 0 Å². The molecular formula is C17H23N5O3S. The molecule has 1 atom stereocenters. The van der Waals surface area contributed by atoms with Gasteiger partial charge in [-0.2, -0.15) is 5.10 Å². The average molecular weight is 377 g/mol. The number of nitrogens with zero attached hydrogens (tertiary/aromatic N) is 2. The monoisotopic (exact) mass is 377 g/mol. The number of aryl methyl sites for hydroxylation is 1. The van der Waals surface area contributed by atoms with Gasteiger partial charge in [0.25, 0.3) is 5.91 Å². The Kier molecular flexibility index (Phi) is 5.70. The number of nitrogens with one attached hydrogen (secondary N) is 3. The maximum absolute atomic E-state index is 12.5. The molecule has 0 spiro atoms. The van der Waals surface area contributed by atoms with E-state index in [-0.39, 0.29) is 23.4 Å². The van der Waals surface area contributed by atoms with Gasteiger partial charge in [0, 0.05) is 50.1 Å². The van der Waals surface area contributed by atoms with Crippen LogP contribution in [0.5, 0.6) is 0 Å². The topological polar surface area (TPSA) is 105 Å². The predicted octanol–water partition coefficient (Wildman–Crippen LogP) is 0.0328. The number of rotatable bonds is 7. The highest BCUT2D eigenvalue weighted by molar-refractivity contribution is 7.89. The van der Waals surface area contributed by atoms with E-state index in [4.69, 9.17) is 0 Å². The van der Waals surface area contributed by atoms with Gasteiger partial charge in [-0.1, -0.05) is 6.07 Å². The van der Waals surface area contributed by atoms with Crippen LogP contribution in [0.2, 0.25) is 0 Å². The Morgan fingerprint density at radius 2 is 2.23 bits per heavy atom. The summed E-state index contributed by atoms with van der Waals surface area (Å²) in [6, 6.07) is 8.02. The largest absolute Gasteiger partial charge is 0.348 e. The SMILES string of the molecule is Cn1nccc1CCNS(=O)(=O)c1cccc(C(=O)NC2CCNC2)c1. The quantitative estimate of drug-likeness (QED) is 0.632. The number of hydrogen-bond donors (Lipinski definition) is 3. The Balaban J connectivity index is 1.63.